The number of para-hydroxylation sites is 2. The topological polar surface area (TPSA) is 108 Å². The second kappa shape index (κ2) is 8.50. The summed E-state index contributed by atoms with van der Waals surface area (Å²) in [6.45, 7) is -0.647. The Balaban J connectivity index is 2.02. The summed E-state index contributed by atoms with van der Waals surface area (Å²) in [7, 11) is 1.37. The van der Waals surface area contributed by atoms with Crippen molar-refractivity contribution in [2.45, 2.75) is 0 Å². The molecule has 0 aromatic heterocycles. The first-order chi connectivity index (χ1) is 12.3. The minimum Gasteiger partial charge on any atom is -0.494 e. The van der Waals surface area contributed by atoms with Gasteiger partial charge in [-0.1, -0.05) is 35.3 Å². The van der Waals surface area contributed by atoms with E-state index in [1.807, 2.05) is 0 Å². The molecule has 136 valence electrons. The van der Waals surface area contributed by atoms with Crippen LogP contribution in [0.2, 0.25) is 10.0 Å². The Morgan fingerprint density at radius 2 is 1.81 bits per heavy atom. The molecule has 0 spiro atoms. The third kappa shape index (κ3) is 4.62. The molecule has 0 aliphatic heterocycles. The SMILES string of the molecule is COc1c(Cl)cc(C(=O)OCC(=O)Nc2ccccc2[N+](=O)[O-])cc1Cl. The molecule has 0 aliphatic carbocycles. The fourth-order valence-corrected chi connectivity index (χ4v) is 2.65. The Labute approximate surface area is 157 Å². The quantitative estimate of drug-likeness (QED) is 0.451. The summed E-state index contributed by atoms with van der Waals surface area (Å²) >= 11 is 11.9. The van der Waals surface area contributed by atoms with E-state index in [1.165, 1.54) is 43.5 Å². The largest absolute Gasteiger partial charge is 0.494 e. The lowest BCUT2D eigenvalue weighted by Gasteiger charge is -2.09. The van der Waals surface area contributed by atoms with Gasteiger partial charge < -0.3 is 14.8 Å². The van der Waals surface area contributed by atoms with Crippen LogP contribution in [0.1, 0.15) is 10.4 Å². The number of nitrogens with zero attached hydrogens (tertiary/aromatic N) is 1. The highest BCUT2D eigenvalue weighted by Gasteiger charge is 2.18. The number of anilines is 1. The molecule has 2 rings (SSSR count). The van der Waals surface area contributed by atoms with E-state index in [0.29, 0.717) is 0 Å². The fraction of sp³-hybridized carbons (Fsp3) is 0.125. The highest BCUT2D eigenvalue weighted by molar-refractivity contribution is 6.37. The number of carbonyl (C=O) groups excluding carboxylic acids is 2. The molecule has 10 heteroatoms. The molecule has 0 bridgehead atoms. The van der Waals surface area contributed by atoms with Crippen molar-refractivity contribution in [2.24, 2.45) is 0 Å². The second-order valence-electron chi connectivity index (χ2n) is 4.87. The van der Waals surface area contributed by atoms with Gasteiger partial charge in [-0.2, -0.15) is 0 Å². The molecule has 8 nitrogen and oxygen atoms in total. The average molecular weight is 399 g/mol. The predicted octanol–water partition coefficient (Wildman–Crippen LogP) is 3.71. The monoisotopic (exact) mass is 398 g/mol. The van der Waals surface area contributed by atoms with Crippen LogP contribution >= 0.6 is 23.2 Å². The molecule has 2 aromatic rings. The smallest absolute Gasteiger partial charge is 0.338 e. The molecule has 1 N–H and O–H groups in total. The Kier molecular flexibility index (Phi) is 6.37. The minimum absolute atomic E-state index is 0.00548. The zero-order valence-corrected chi connectivity index (χ0v) is 14.8. The Hall–Kier alpha value is -2.84. The van der Waals surface area contributed by atoms with E-state index < -0.39 is 23.4 Å². The summed E-state index contributed by atoms with van der Waals surface area (Å²) in [5.74, 6) is -1.37. The summed E-state index contributed by atoms with van der Waals surface area (Å²) in [5.41, 5.74) is -0.255. The third-order valence-electron chi connectivity index (χ3n) is 3.15. The van der Waals surface area contributed by atoms with Gasteiger partial charge in [-0.25, -0.2) is 4.79 Å². The van der Waals surface area contributed by atoms with Gasteiger partial charge >= 0.3 is 5.97 Å². The number of ether oxygens (including phenoxy) is 2. The number of halogens is 2. The number of hydrogen-bond acceptors (Lipinski definition) is 6. The Morgan fingerprint density at radius 3 is 2.38 bits per heavy atom. The fourth-order valence-electron chi connectivity index (χ4n) is 2.01. The number of carbonyl (C=O) groups is 2. The molecule has 0 aliphatic rings. The first-order valence-electron chi connectivity index (χ1n) is 7.07. The molecule has 0 saturated carbocycles. The van der Waals surface area contributed by atoms with E-state index in [-0.39, 0.29) is 32.7 Å². The first kappa shape index (κ1) is 19.5. The second-order valence-corrected chi connectivity index (χ2v) is 5.69. The minimum atomic E-state index is -0.839. The number of benzene rings is 2. The zero-order valence-electron chi connectivity index (χ0n) is 13.3. The van der Waals surface area contributed by atoms with E-state index in [2.05, 4.69) is 5.32 Å². The molecule has 0 fully saturated rings. The van der Waals surface area contributed by atoms with Crippen molar-refractivity contribution < 1.29 is 24.0 Å². The van der Waals surface area contributed by atoms with Gasteiger partial charge in [-0.15, -0.1) is 0 Å². The van der Waals surface area contributed by atoms with Crippen LogP contribution in [0.3, 0.4) is 0 Å². The number of esters is 1. The summed E-state index contributed by atoms with van der Waals surface area (Å²) in [4.78, 5) is 34.2. The van der Waals surface area contributed by atoms with Crippen LogP contribution in [-0.4, -0.2) is 30.5 Å². The number of nitrogens with one attached hydrogen (secondary N) is 1. The van der Waals surface area contributed by atoms with Crippen molar-refractivity contribution in [1.29, 1.82) is 0 Å². The maximum absolute atomic E-state index is 12.0. The number of nitro groups is 1. The molecule has 26 heavy (non-hydrogen) atoms. The van der Waals surface area contributed by atoms with E-state index in [4.69, 9.17) is 32.7 Å². The molecule has 2 aromatic carbocycles. The van der Waals surface area contributed by atoms with Crippen LogP contribution < -0.4 is 10.1 Å². The van der Waals surface area contributed by atoms with Crippen LogP contribution in [0, 0.1) is 10.1 Å². The van der Waals surface area contributed by atoms with E-state index in [0.717, 1.165) is 0 Å². The lowest BCUT2D eigenvalue weighted by Crippen LogP contribution is -2.21. The molecule has 0 atom stereocenters. The molecular weight excluding hydrogens is 387 g/mol. The average Bonchev–Trinajstić information content (AvgIpc) is 2.59. The Bertz CT molecular complexity index is 849. The summed E-state index contributed by atoms with van der Waals surface area (Å²) < 4.78 is 9.84. The van der Waals surface area contributed by atoms with Gasteiger partial charge in [0.05, 0.1) is 27.6 Å². The molecule has 0 saturated heterocycles. The van der Waals surface area contributed by atoms with Crippen LogP contribution in [0.15, 0.2) is 36.4 Å². The van der Waals surface area contributed by atoms with E-state index in [9.17, 15) is 19.7 Å². The first-order valence-corrected chi connectivity index (χ1v) is 7.82. The predicted molar refractivity (Wildman–Crippen MR) is 95.0 cm³/mol. The van der Waals surface area contributed by atoms with Crippen molar-refractivity contribution in [3.63, 3.8) is 0 Å². The normalized spacial score (nSPS) is 10.1. The molecule has 0 radical (unpaired) electrons. The van der Waals surface area contributed by atoms with Gasteiger partial charge in [-0.05, 0) is 18.2 Å². The number of hydrogen-bond donors (Lipinski definition) is 1. The molecule has 0 heterocycles. The van der Waals surface area contributed by atoms with Gasteiger partial charge in [0.15, 0.2) is 12.4 Å². The standard InChI is InChI=1S/C16H12Cl2N2O6/c1-25-15-10(17)6-9(7-11(15)18)16(22)26-8-14(21)19-12-4-2-3-5-13(12)20(23)24/h2-7H,8H2,1H3,(H,19,21). The lowest BCUT2D eigenvalue weighted by molar-refractivity contribution is -0.383. The van der Waals surface area contributed by atoms with Crippen LogP contribution in [0.25, 0.3) is 0 Å². The van der Waals surface area contributed by atoms with Gasteiger partial charge in [-0.3, -0.25) is 14.9 Å². The lowest BCUT2D eigenvalue weighted by atomic mass is 10.2. The van der Waals surface area contributed by atoms with Crippen LogP contribution in [0.5, 0.6) is 5.75 Å². The van der Waals surface area contributed by atoms with Crippen LogP contribution in [-0.2, 0) is 9.53 Å². The highest BCUT2D eigenvalue weighted by atomic mass is 35.5. The van der Waals surface area contributed by atoms with Gasteiger partial charge in [0.2, 0.25) is 0 Å². The van der Waals surface area contributed by atoms with Gasteiger partial charge in [0.1, 0.15) is 5.69 Å². The van der Waals surface area contributed by atoms with Gasteiger partial charge in [0, 0.05) is 6.07 Å². The number of methoxy groups -OCH3 is 1. The van der Waals surface area contributed by atoms with Crippen molar-refractivity contribution in [2.75, 3.05) is 19.0 Å². The van der Waals surface area contributed by atoms with E-state index >= 15 is 0 Å². The van der Waals surface area contributed by atoms with Crippen molar-refractivity contribution in [1.82, 2.24) is 0 Å². The maximum atomic E-state index is 12.0. The third-order valence-corrected chi connectivity index (χ3v) is 3.71. The van der Waals surface area contributed by atoms with E-state index in [1.54, 1.807) is 0 Å². The molecule has 1 amide bonds. The van der Waals surface area contributed by atoms with Crippen molar-refractivity contribution >= 4 is 46.5 Å². The highest BCUT2D eigenvalue weighted by Crippen LogP contribution is 2.34. The Morgan fingerprint density at radius 1 is 1.19 bits per heavy atom. The summed E-state index contributed by atoms with van der Waals surface area (Å²) in [5, 5.41) is 13.4. The zero-order chi connectivity index (χ0) is 19.3. The number of amides is 1. The van der Waals surface area contributed by atoms with Crippen molar-refractivity contribution in [3.05, 3.63) is 62.1 Å². The van der Waals surface area contributed by atoms with Gasteiger partial charge in [0.25, 0.3) is 11.6 Å². The van der Waals surface area contributed by atoms with Crippen LogP contribution in [0.4, 0.5) is 11.4 Å². The maximum Gasteiger partial charge on any atom is 0.338 e. The molecular formula is C16H12Cl2N2O6. The molecule has 0 unspecified atom stereocenters. The van der Waals surface area contributed by atoms with Crippen molar-refractivity contribution in [3.8, 4) is 5.75 Å². The summed E-state index contributed by atoms with van der Waals surface area (Å²) in [6, 6.07) is 8.16. The number of nitro benzene ring substituents is 1. The number of rotatable bonds is 6. The summed E-state index contributed by atoms with van der Waals surface area (Å²) in [6.07, 6.45) is 0.